The lowest BCUT2D eigenvalue weighted by molar-refractivity contribution is -0.139. The molecule has 0 fully saturated rings. The van der Waals surface area contributed by atoms with Crippen LogP contribution in [0.15, 0.2) is 46.3 Å². The van der Waals surface area contributed by atoms with Crippen LogP contribution >= 0.6 is 23.5 Å². The van der Waals surface area contributed by atoms with Gasteiger partial charge in [-0.25, -0.2) is 4.98 Å². The zero-order chi connectivity index (χ0) is 19.5. The first-order valence-electron chi connectivity index (χ1n) is 8.25. The fraction of sp³-hybridized carbons (Fsp3) is 0.333. The van der Waals surface area contributed by atoms with Gasteiger partial charge in [-0.2, -0.15) is 11.8 Å². The molecule has 1 amide bonds. The molecule has 0 bridgehead atoms. The van der Waals surface area contributed by atoms with E-state index in [1.54, 1.807) is 11.8 Å². The van der Waals surface area contributed by atoms with Crippen LogP contribution in [0.4, 0.5) is 0 Å². The molecule has 0 spiro atoms. The largest absolute Gasteiger partial charge is 0.469 e. The van der Waals surface area contributed by atoms with Crippen LogP contribution in [-0.2, 0) is 26.5 Å². The molecule has 0 unspecified atom stereocenters. The van der Waals surface area contributed by atoms with Gasteiger partial charge in [0.15, 0.2) is 5.16 Å². The summed E-state index contributed by atoms with van der Waals surface area (Å²) in [7, 11) is 1.27. The third-order valence-corrected chi connectivity index (χ3v) is 5.25. The van der Waals surface area contributed by atoms with Crippen molar-refractivity contribution in [2.75, 3.05) is 25.2 Å². The number of aromatic nitrogens is 2. The summed E-state index contributed by atoms with van der Waals surface area (Å²) in [5.74, 6) is 1.24. The Kier molecular flexibility index (Phi) is 8.93. The molecule has 27 heavy (non-hydrogen) atoms. The predicted molar refractivity (Wildman–Crippen MR) is 107 cm³/mol. The first kappa shape index (κ1) is 21.0. The van der Waals surface area contributed by atoms with Gasteiger partial charge >= 0.3 is 5.97 Å². The summed E-state index contributed by atoms with van der Waals surface area (Å²) in [5, 5.41) is 3.14. The number of rotatable bonds is 10. The Bertz CT molecular complexity index is 812. The highest BCUT2D eigenvalue weighted by Gasteiger charge is 2.09. The number of carbonyl (C=O) groups excluding carboxylic acids is 2. The van der Waals surface area contributed by atoms with Gasteiger partial charge in [-0.05, 0) is 5.56 Å². The Labute approximate surface area is 165 Å². The van der Waals surface area contributed by atoms with Gasteiger partial charge in [0, 0.05) is 24.1 Å². The highest BCUT2D eigenvalue weighted by Crippen LogP contribution is 2.12. The molecule has 1 heterocycles. The van der Waals surface area contributed by atoms with Gasteiger partial charge < -0.3 is 15.0 Å². The molecule has 0 saturated heterocycles. The van der Waals surface area contributed by atoms with Crippen molar-refractivity contribution >= 4 is 35.4 Å². The number of methoxy groups -OCH3 is 1. The van der Waals surface area contributed by atoms with E-state index in [2.05, 4.69) is 32.2 Å². The van der Waals surface area contributed by atoms with Crippen molar-refractivity contribution in [3.8, 4) is 0 Å². The Hall–Kier alpha value is -2.26. The number of amides is 1. The van der Waals surface area contributed by atoms with E-state index >= 15 is 0 Å². The lowest BCUT2D eigenvalue weighted by Crippen LogP contribution is -2.27. The van der Waals surface area contributed by atoms with E-state index in [4.69, 9.17) is 0 Å². The fourth-order valence-electron chi connectivity index (χ4n) is 2.07. The average Bonchev–Trinajstić information content (AvgIpc) is 2.66. The molecule has 0 aliphatic carbocycles. The number of thioether (sulfide) groups is 2. The maximum absolute atomic E-state index is 11.9. The fourth-order valence-corrected chi connectivity index (χ4v) is 3.62. The number of hydrogen-bond acceptors (Lipinski definition) is 7. The van der Waals surface area contributed by atoms with Crippen molar-refractivity contribution in [1.82, 2.24) is 15.3 Å². The van der Waals surface area contributed by atoms with E-state index in [1.807, 2.05) is 18.2 Å². The highest BCUT2D eigenvalue weighted by molar-refractivity contribution is 7.99. The van der Waals surface area contributed by atoms with E-state index in [-0.39, 0.29) is 23.6 Å². The van der Waals surface area contributed by atoms with Crippen LogP contribution in [0.25, 0.3) is 0 Å². The Morgan fingerprint density at radius 3 is 2.78 bits per heavy atom. The molecule has 2 aromatic rings. The quantitative estimate of drug-likeness (QED) is 0.267. The third-order valence-electron chi connectivity index (χ3n) is 3.35. The van der Waals surface area contributed by atoms with Crippen molar-refractivity contribution in [1.29, 1.82) is 0 Å². The van der Waals surface area contributed by atoms with Crippen LogP contribution in [0.1, 0.15) is 11.3 Å². The smallest absolute Gasteiger partial charge is 0.311 e. The molecular formula is C18H21N3O4S2. The van der Waals surface area contributed by atoms with Gasteiger partial charge in [-0.3, -0.25) is 14.4 Å². The second-order valence-corrected chi connectivity index (χ2v) is 7.54. The van der Waals surface area contributed by atoms with Gasteiger partial charge in [0.1, 0.15) is 0 Å². The van der Waals surface area contributed by atoms with Crippen LogP contribution in [0, 0.1) is 0 Å². The topological polar surface area (TPSA) is 101 Å². The molecule has 9 heteroatoms. The molecular weight excluding hydrogens is 386 g/mol. The van der Waals surface area contributed by atoms with E-state index in [0.29, 0.717) is 17.4 Å². The number of hydrogen-bond donors (Lipinski definition) is 2. The second-order valence-electron chi connectivity index (χ2n) is 5.47. The van der Waals surface area contributed by atoms with Gasteiger partial charge in [0.05, 0.1) is 25.0 Å². The summed E-state index contributed by atoms with van der Waals surface area (Å²) >= 11 is 2.86. The molecule has 2 rings (SSSR count). The molecule has 0 saturated carbocycles. The number of carbonyl (C=O) groups is 2. The predicted octanol–water partition coefficient (Wildman–Crippen LogP) is 1.63. The molecule has 0 aliphatic heterocycles. The Morgan fingerprint density at radius 1 is 1.26 bits per heavy atom. The SMILES string of the molecule is COC(=O)Cc1cc(=O)[nH]c(SCC(=O)NCCSCc2ccccc2)n1. The minimum Gasteiger partial charge on any atom is -0.469 e. The standard InChI is InChI=1S/C18H21N3O4S2/c1-25-17(24)10-14-9-15(22)21-18(20-14)27-12-16(23)19-7-8-26-11-13-5-3-2-4-6-13/h2-6,9H,7-8,10-12H2,1H3,(H,19,23)(H,20,21,22). The Balaban J connectivity index is 1.69. The maximum atomic E-state index is 11.9. The minimum atomic E-state index is -0.477. The molecule has 0 atom stereocenters. The minimum absolute atomic E-state index is 0.0845. The molecule has 0 radical (unpaired) electrons. The zero-order valence-corrected chi connectivity index (χ0v) is 16.5. The van der Waals surface area contributed by atoms with E-state index < -0.39 is 5.97 Å². The number of benzene rings is 1. The molecule has 144 valence electrons. The van der Waals surface area contributed by atoms with E-state index in [0.717, 1.165) is 23.3 Å². The lowest BCUT2D eigenvalue weighted by Gasteiger charge is -2.06. The van der Waals surface area contributed by atoms with Crippen molar-refractivity contribution in [3.05, 3.63) is 58.0 Å². The van der Waals surface area contributed by atoms with Crippen molar-refractivity contribution in [3.63, 3.8) is 0 Å². The number of nitrogens with one attached hydrogen (secondary N) is 2. The Morgan fingerprint density at radius 2 is 2.04 bits per heavy atom. The number of esters is 1. The van der Waals surface area contributed by atoms with Crippen molar-refractivity contribution in [2.45, 2.75) is 17.3 Å². The summed E-state index contributed by atoms with van der Waals surface area (Å²) in [4.78, 5) is 41.5. The molecule has 7 nitrogen and oxygen atoms in total. The third kappa shape index (κ3) is 8.31. The zero-order valence-electron chi connectivity index (χ0n) is 14.9. The van der Waals surface area contributed by atoms with Crippen LogP contribution in [0.3, 0.4) is 0 Å². The first-order chi connectivity index (χ1) is 13.1. The molecule has 1 aromatic heterocycles. The normalized spacial score (nSPS) is 10.4. The lowest BCUT2D eigenvalue weighted by atomic mass is 10.2. The van der Waals surface area contributed by atoms with Crippen LogP contribution < -0.4 is 10.9 Å². The highest BCUT2D eigenvalue weighted by atomic mass is 32.2. The van der Waals surface area contributed by atoms with Gasteiger partial charge in [-0.15, -0.1) is 0 Å². The monoisotopic (exact) mass is 407 g/mol. The van der Waals surface area contributed by atoms with Crippen LogP contribution in [0.2, 0.25) is 0 Å². The number of nitrogens with zero attached hydrogens (tertiary/aromatic N) is 1. The van der Waals surface area contributed by atoms with Crippen molar-refractivity contribution in [2.24, 2.45) is 0 Å². The van der Waals surface area contributed by atoms with Crippen LogP contribution in [0.5, 0.6) is 0 Å². The van der Waals surface area contributed by atoms with E-state index in [1.165, 1.54) is 18.7 Å². The maximum Gasteiger partial charge on any atom is 0.311 e. The number of H-pyrrole nitrogens is 1. The first-order valence-corrected chi connectivity index (χ1v) is 10.4. The number of ether oxygens (including phenoxy) is 1. The molecule has 2 N–H and O–H groups in total. The van der Waals surface area contributed by atoms with Crippen LogP contribution in [-0.4, -0.2) is 47.0 Å². The molecule has 1 aromatic carbocycles. The van der Waals surface area contributed by atoms with Crippen molar-refractivity contribution < 1.29 is 14.3 Å². The summed E-state index contributed by atoms with van der Waals surface area (Å²) < 4.78 is 4.56. The van der Waals surface area contributed by atoms with Gasteiger partial charge in [-0.1, -0.05) is 42.1 Å². The summed E-state index contributed by atoms with van der Waals surface area (Å²) in [6.07, 6.45) is -0.0845. The number of aromatic amines is 1. The van der Waals surface area contributed by atoms with Gasteiger partial charge in [0.2, 0.25) is 5.91 Å². The average molecular weight is 408 g/mol. The summed E-state index contributed by atoms with van der Waals surface area (Å²) in [5.41, 5.74) is 1.20. The summed E-state index contributed by atoms with van der Waals surface area (Å²) in [6, 6.07) is 11.4. The summed E-state index contributed by atoms with van der Waals surface area (Å²) in [6.45, 7) is 0.573. The van der Waals surface area contributed by atoms with E-state index in [9.17, 15) is 14.4 Å². The van der Waals surface area contributed by atoms with Gasteiger partial charge in [0.25, 0.3) is 5.56 Å². The second kappa shape index (κ2) is 11.5. The molecule has 0 aliphatic rings.